The van der Waals surface area contributed by atoms with Crippen molar-refractivity contribution in [2.24, 2.45) is 0 Å². The quantitative estimate of drug-likeness (QED) is 0.779. The van der Waals surface area contributed by atoms with Gasteiger partial charge >= 0.3 is 6.18 Å². The Morgan fingerprint density at radius 3 is 2.62 bits per heavy atom. The Kier molecular flexibility index (Phi) is 6.62. The summed E-state index contributed by atoms with van der Waals surface area (Å²) in [7, 11) is 0. The van der Waals surface area contributed by atoms with Gasteiger partial charge in [-0.15, -0.1) is 0 Å². The van der Waals surface area contributed by atoms with E-state index in [0.29, 0.717) is 43.8 Å². The summed E-state index contributed by atoms with van der Waals surface area (Å²) in [6.45, 7) is 2.49. The second-order valence-electron chi connectivity index (χ2n) is 7.12. The van der Waals surface area contributed by atoms with Crippen molar-refractivity contribution in [3.8, 4) is 0 Å². The molecule has 29 heavy (non-hydrogen) atoms. The number of aromatic nitrogens is 2. The third-order valence-electron chi connectivity index (χ3n) is 4.83. The average Bonchev–Trinajstić information content (AvgIpc) is 2.66. The summed E-state index contributed by atoms with van der Waals surface area (Å²) in [6, 6.07) is 8.39. The Hall–Kier alpha value is -2.35. The first kappa shape index (κ1) is 21.4. The molecule has 1 N–H and O–H groups in total. The molecule has 0 spiro atoms. The molecule has 9 heteroatoms. The van der Waals surface area contributed by atoms with Gasteiger partial charge in [0.15, 0.2) is 0 Å². The molecule has 1 aliphatic rings. The first-order valence-corrected chi connectivity index (χ1v) is 9.80. The number of hydrogen-bond acceptors (Lipinski definition) is 4. The molecule has 1 saturated heterocycles. The fourth-order valence-electron chi connectivity index (χ4n) is 3.36. The van der Waals surface area contributed by atoms with E-state index >= 15 is 0 Å². The van der Waals surface area contributed by atoms with Crippen LogP contribution in [0.2, 0.25) is 5.02 Å². The van der Waals surface area contributed by atoms with E-state index in [-0.39, 0.29) is 23.6 Å². The monoisotopic (exact) mass is 426 g/mol. The third kappa shape index (κ3) is 6.06. The number of rotatable bonds is 5. The highest BCUT2D eigenvalue weighted by Crippen LogP contribution is 2.30. The molecule has 1 amide bonds. The van der Waals surface area contributed by atoms with Crippen LogP contribution in [0, 0.1) is 6.92 Å². The van der Waals surface area contributed by atoms with E-state index in [4.69, 9.17) is 11.6 Å². The highest BCUT2D eigenvalue weighted by molar-refractivity contribution is 6.30. The molecule has 0 bridgehead atoms. The van der Waals surface area contributed by atoms with Crippen LogP contribution in [0.5, 0.6) is 0 Å². The lowest BCUT2D eigenvalue weighted by molar-refractivity contribution is -0.141. The molecule has 0 aliphatic carbocycles. The van der Waals surface area contributed by atoms with Gasteiger partial charge in [-0.3, -0.25) is 4.79 Å². The summed E-state index contributed by atoms with van der Waals surface area (Å²) in [4.78, 5) is 21.6. The van der Waals surface area contributed by atoms with E-state index in [1.807, 2.05) is 18.2 Å². The summed E-state index contributed by atoms with van der Waals surface area (Å²) >= 11 is 5.95. The van der Waals surface area contributed by atoms with Crippen LogP contribution in [0.1, 0.15) is 36.3 Å². The van der Waals surface area contributed by atoms with Crippen LogP contribution in [-0.2, 0) is 17.4 Å². The van der Waals surface area contributed by atoms with Gasteiger partial charge in [-0.25, -0.2) is 9.97 Å². The summed E-state index contributed by atoms with van der Waals surface area (Å²) in [6.07, 6.45) is -2.25. The second kappa shape index (κ2) is 8.98. The van der Waals surface area contributed by atoms with Gasteiger partial charge in [0, 0.05) is 36.6 Å². The highest BCUT2D eigenvalue weighted by Gasteiger charge is 2.34. The molecule has 5 nitrogen and oxygen atoms in total. The maximum atomic E-state index is 13.0. The van der Waals surface area contributed by atoms with Crippen LogP contribution in [0.15, 0.2) is 30.3 Å². The van der Waals surface area contributed by atoms with Gasteiger partial charge in [-0.05, 0) is 43.9 Å². The second-order valence-corrected chi connectivity index (χ2v) is 7.55. The van der Waals surface area contributed by atoms with Crippen LogP contribution in [0.3, 0.4) is 0 Å². The van der Waals surface area contributed by atoms with Crippen LogP contribution >= 0.6 is 11.6 Å². The zero-order chi connectivity index (χ0) is 21.0. The Bertz CT molecular complexity index is 867. The number of nitrogens with one attached hydrogen (secondary N) is 1. The maximum Gasteiger partial charge on any atom is 0.433 e. The van der Waals surface area contributed by atoms with E-state index in [9.17, 15) is 18.0 Å². The molecule has 1 aromatic heterocycles. The van der Waals surface area contributed by atoms with Crippen molar-refractivity contribution in [3.63, 3.8) is 0 Å². The first-order chi connectivity index (χ1) is 13.7. The molecule has 0 radical (unpaired) electrons. The SMILES string of the molecule is Cc1nc(N2CCC(NC(=O)CCc3cccc(Cl)c3)CC2)cc(C(F)(F)F)n1. The molecule has 156 valence electrons. The van der Waals surface area contributed by atoms with Gasteiger partial charge in [-0.2, -0.15) is 13.2 Å². The minimum absolute atomic E-state index is 0.00290. The number of nitrogens with zero attached hydrogens (tertiary/aromatic N) is 3. The average molecular weight is 427 g/mol. The van der Waals surface area contributed by atoms with Gasteiger partial charge in [0.25, 0.3) is 0 Å². The Morgan fingerprint density at radius 2 is 1.97 bits per heavy atom. The van der Waals surface area contributed by atoms with Crippen molar-refractivity contribution >= 4 is 23.3 Å². The molecule has 1 aromatic carbocycles. The normalized spacial score (nSPS) is 15.4. The molecule has 2 aromatic rings. The summed E-state index contributed by atoms with van der Waals surface area (Å²) in [5, 5.41) is 3.65. The topological polar surface area (TPSA) is 58.1 Å². The van der Waals surface area contributed by atoms with Gasteiger partial charge in [0.2, 0.25) is 5.91 Å². The van der Waals surface area contributed by atoms with Crippen LogP contribution in [-0.4, -0.2) is 35.0 Å². The zero-order valence-corrected chi connectivity index (χ0v) is 16.7. The van der Waals surface area contributed by atoms with Crippen molar-refractivity contribution in [3.05, 3.63) is 52.4 Å². The minimum atomic E-state index is -4.50. The molecule has 0 atom stereocenters. The van der Waals surface area contributed by atoms with Crippen molar-refractivity contribution in [2.45, 2.75) is 44.8 Å². The number of benzene rings is 1. The fourth-order valence-corrected chi connectivity index (χ4v) is 3.58. The number of halogens is 4. The minimum Gasteiger partial charge on any atom is -0.356 e. The summed E-state index contributed by atoms with van der Waals surface area (Å²) < 4.78 is 38.9. The number of carbonyl (C=O) groups is 1. The van der Waals surface area contributed by atoms with Gasteiger partial charge in [0.1, 0.15) is 17.3 Å². The fraction of sp³-hybridized carbons (Fsp3) is 0.450. The van der Waals surface area contributed by atoms with E-state index in [1.165, 1.54) is 6.92 Å². The largest absolute Gasteiger partial charge is 0.433 e. The lowest BCUT2D eigenvalue weighted by Crippen LogP contribution is -2.45. The number of aryl methyl sites for hydroxylation is 2. The maximum absolute atomic E-state index is 13.0. The number of hydrogen-bond donors (Lipinski definition) is 1. The standard InChI is InChI=1S/C20H22ClF3N4O/c1-13-25-17(20(22,23)24)12-18(26-13)28-9-7-16(8-10-28)27-19(29)6-5-14-3-2-4-15(21)11-14/h2-4,11-12,16H,5-10H2,1H3,(H,27,29). The summed E-state index contributed by atoms with van der Waals surface area (Å²) in [5.74, 6) is 0.322. The highest BCUT2D eigenvalue weighted by atomic mass is 35.5. The lowest BCUT2D eigenvalue weighted by atomic mass is 10.0. The molecule has 1 aliphatic heterocycles. The molecular weight excluding hydrogens is 405 g/mol. The van der Waals surface area contributed by atoms with Gasteiger partial charge in [0.05, 0.1) is 0 Å². The van der Waals surface area contributed by atoms with Gasteiger partial charge < -0.3 is 10.2 Å². The number of alkyl halides is 3. The smallest absolute Gasteiger partial charge is 0.356 e. The van der Waals surface area contributed by atoms with Crippen LogP contribution in [0.25, 0.3) is 0 Å². The van der Waals surface area contributed by atoms with Crippen LogP contribution < -0.4 is 10.2 Å². The summed E-state index contributed by atoms with van der Waals surface area (Å²) in [5.41, 5.74) is 0.0681. The first-order valence-electron chi connectivity index (χ1n) is 9.42. The predicted molar refractivity (Wildman–Crippen MR) is 105 cm³/mol. The Labute approximate surface area is 172 Å². The molecule has 3 rings (SSSR count). The van der Waals surface area contributed by atoms with E-state index < -0.39 is 11.9 Å². The Balaban J connectivity index is 1.50. The molecular formula is C20H22ClF3N4O. The Morgan fingerprint density at radius 1 is 1.24 bits per heavy atom. The van der Waals surface area contributed by atoms with Crippen molar-refractivity contribution in [2.75, 3.05) is 18.0 Å². The molecule has 1 fully saturated rings. The van der Waals surface area contributed by atoms with Crippen molar-refractivity contribution in [1.29, 1.82) is 0 Å². The van der Waals surface area contributed by atoms with E-state index in [0.717, 1.165) is 11.6 Å². The number of amides is 1. The number of anilines is 1. The third-order valence-corrected chi connectivity index (χ3v) is 5.06. The molecule has 2 heterocycles. The van der Waals surface area contributed by atoms with Crippen molar-refractivity contribution in [1.82, 2.24) is 15.3 Å². The van der Waals surface area contributed by atoms with E-state index in [1.54, 1.807) is 11.0 Å². The molecule has 0 saturated carbocycles. The lowest BCUT2D eigenvalue weighted by Gasteiger charge is -2.33. The zero-order valence-electron chi connectivity index (χ0n) is 16.0. The number of piperidine rings is 1. The predicted octanol–water partition coefficient (Wildman–Crippen LogP) is 4.18. The van der Waals surface area contributed by atoms with Crippen LogP contribution in [0.4, 0.5) is 19.0 Å². The van der Waals surface area contributed by atoms with Crippen molar-refractivity contribution < 1.29 is 18.0 Å². The number of carbonyl (C=O) groups excluding carboxylic acids is 1. The van der Waals surface area contributed by atoms with Gasteiger partial charge in [-0.1, -0.05) is 23.7 Å². The molecule has 0 unspecified atom stereocenters. The van der Waals surface area contributed by atoms with E-state index in [2.05, 4.69) is 15.3 Å².